The van der Waals surface area contributed by atoms with Gasteiger partial charge in [0.05, 0.1) is 11.0 Å². The molecule has 2 aromatic rings. The molecule has 2 heterocycles. The number of fused-ring (bicyclic) bond motifs is 1. The van der Waals surface area contributed by atoms with Gasteiger partial charge in [-0.05, 0) is 44.1 Å². The largest absolute Gasteiger partial charge is 0.342 e. The molecule has 1 aliphatic rings. The zero-order valence-corrected chi connectivity index (χ0v) is 10.5. The number of nitrogens with one attached hydrogen (secondary N) is 1. The first-order chi connectivity index (χ1) is 8.31. The van der Waals surface area contributed by atoms with E-state index in [1.807, 2.05) is 18.2 Å². The molecule has 1 aliphatic heterocycles. The fourth-order valence-corrected chi connectivity index (χ4v) is 2.60. The maximum Gasteiger partial charge on any atom is 0.108 e. The predicted molar refractivity (Wildman–Crippen MR) is 70.5 cm³/mol. The molecular formula is C13H16ClN3. The molecule has 1 aromatic carbocycles. The minimum absolute atomic E-state index is 0.757. The van der Waals surface area contributed by atoms with Crippen LogP contribution in [0.3, 0.4) is 0 Å². The van der Waals surface area contributed by atoms with Gasteiger partial charge in [-0.15, -0.1) is 0 Å². The van der Waals surface area contributed by atoms with Crippen LogP contribution >= 0.6 is 11.6 Å². The molecule has 17 heavy (non-hydrogen) atoms. The molecule has 3 nitrogen and oxygen atoms in total. The zero-order valence-electron chi connectivity index (χ0n) is 9.75. The Morgan fingerprint density at radius 3 is 2.94 bits per heavy atom. The zero-order chi connectivity index (χ0) is 11.7. The maximum absolute atomic E-state index is 5.95. The number of benzene rings is 1. The maximum atomic E-state index is 5.95. The van der Waals surface area contributed by atoms with Gasteiger partial charge in [0, 0.05) is 18.0 Å². The van der Waals surface area contributed by atoms with Crippen molar-refractivity contribution < 1.29 is 0 Å². The number of nitrogens with zero attached hydrogens (tertiary/aromatic N) is 2. The van der Waals surface area contributed by atoms with E-state index in [0.717, 1.165) is 34.8 Å². The molecule has 1 N–H and O–H groups in total. The summed E-state index contributed by atoms with van der Waals surface area (Å²) >= 11 is 5.95. The average molecular weight is 250 g/mol. The molecule has 0 amide bonds. The van der Waals surface area contributed by atoms with Gasteiger partial charge in [-0.1, -0.05) is 11.6 Å². The molecule has 4 heteroatoms. The second-order valence-corrected chi connectivity index (χ2v) is 5.08. The summed E-state index contributed by atoms with van der Waals surface area (Å²) in [5, 5.41) is 0.757. The van der Waals surface area contributed by atoms with E-state index < -0.39 is 0 Å². The SMILES string of the molecule is Clc1ccc2nc(CCN3CCCC3)[nH]c2c1. The molecule has 0 radical (unpaired) electrons. The summed E-state index contributed by atoms with van der Waals surface area (Å²) in [5.74, 6) is 1.06. The van der Waals surface area contributed by atoms with E-state index in [1.165, 1.54) is 25.9 Å². The number of likely N-dealkylation sites (tertiary alicyclic amines) is 1. The number of hydrogen-bond acceptors (Lipinski definition) is 2. The van der Waals surface area contributed by atoms with Crippen molar-refractivity contribution in [3.63, 3.8) is 0 Å². The van der Waals surface area contributed by atoms with Gasteiger partial charge in [-0.25, -0.2) is 4.98 Å². The van der Waals surface area contributed by atoms with Gasteiger partial charge in [0.15, 0.2) is 0 Å². The van der Waals surface area contributed by atoms with Crippen molar-refractivity contribution in [2.24, 2.45) is 0 Å². The Bertz CT molecular complexity index is 514. The van der Waals surface area contributed by atoms with Crippen molar-refractivity contribution in [2.45, 2.75) is 19.3 Å². The van der Waals surface area contributed by atoms with E-state index in [0.29, 0.717) is 0 Å². The Labute approximate surface area is 106 Å². The summed E-state index contributed by atoms with van der Waals surface area (Å²) < 4.78 is 0. The monoisotopic (exact) mass is 249 g/mol. The average Bonchev–Trinajstić information content (AvgIpc) is 2.94. The number of rotatable bonds is 3. The summed E-state index contributed by atoms with van der Waals surface area (Å²) in [7, 11) is 0. The van der Waals surface area contributed by atoms with Crippen LogP contribution in [0.15, 0.2) is 18.2 Å². The molecule has 90 valence electrons. The standard InChI is InChI=1S/C13H16ClN3/c14-10-3-4-11-12(9-10)16-13(15-11)5-8-17-6-1-2-7-17/h3-4,9H,1-2,5-8H2,(H,15,16). The lowest BCUT2D eigenvalue weighted by atomic mass is 10.3. The van der Waals surface area contributed by atoms with Crippen LogP contribution in [0.5, 0.6) is 0 Å². The number of aromatic nitrogens is 2. The lowest BCUT2D eigenvalue weighted by Crippen LogP contribution is -2.22. The summed E-state index contributed by atoms with van der Waals surface area (Å²) in [6.45, 7) is 3.59. The quantitative estimate of drug-likeness (QED) is 0.907. The van der Waals surface area contributed by atoms with E-state index in [2.05, 4.69) is 14.9 Å². The van der Waals surface area contributed by atoms with Crippen molar-refractivity contribution in [1.82, 2.24) is 14.9 Å². The Morgan fingerprint density at radius 1 is 1.29 bits per heavy atom. The molecule has 3 rings (SSSR count). The Kier molecular flexibility index (Phi) is 3.04. The van der Waals surface area contributed by atoms with Crippen LogP contribution in [-0.2, 0) is 6.42 Å². The lowest BCUT2D eigenvalue weighted by Gasteiger charge is -2.12. The highest BCUT2D eigenvalue weighted by Gasteiger charge is 2.12. The highest BCUT2D eigenvalue weighted by molar-refractivity contribution is 6.31. The first kappa shape index (κ1) is 11.1. The van der Waals surface area contributed by atoms with Gasteiger partial charge >= 0.3 is 0 Å². The van der Waals surface area contributed by atoms with Crippen LogP contribution in [0, 0.1) is 0 Å². The Balaban J connectivity index is 1.72. The van der Waals surface area contributed by atoms with Crippen LogP contribution in [0.1, 0.15) is 18.7 Å². The molecule has 1 aromatic heterocycles. The van der Waals surface area contributed by atoms with Gasteiger partial charge in [0.2, 0.25) is 0 Å². The van der Waals surface area contributed by atoms with Crippen molar-refractivity contribution in [3.05, 3.63) is 29.0 Å². The van der Waals surface area contributed by atoms with Gasteiger partial charge in [-0.3, -0.25) is 0 Å². The number of H-pyrrole nitrogens is 1. The van der Waals surface area contributed by atoms with Crippen molar-refractivity contribution in [1.29, 1.82) is 0 Å². The van der Waals surface area contributed by atoms with Crippen molar-refractivity contribution in [3.8, 4) is 0 Å². The topological polar surface area (TPSA) is 31.9 Å². The Hall–Kier alpha value is -1.06. The van der Waals surface area contributed by atoms with E-state index in [4.69, 9.17) is 11.6 Å². The number of imidazole rings is 1. The molecule has 0 bridgehead atoms. The third-order valence-electron chi connectivity index (χ3n) is 3.36. The molecule has 1 saturated heterocycles. The van der Waals surface area contributed by atoms with Crippen LogP contribution in [0.25, 0.3) is 11.0 Å². The predicted octanol–water partition coefficient (Wildman–Crippen LogP) is 2.85. The van der Waals surface area contributed by atoms with Crippen molar-refractivity contribution in [2.75, 3.05) is 19.6 Å². The first-order valence-corrected chi connectivity index (χ1v) is 6.55. The highest BCUT2D eigenvalue weighted by Crippen LogP contribution is 2.17. The van der Waals surface area contributed by atoms with Gasteiger partial charge in [0.1, 0.15) is 5.82 Å². The smallest absolute Gasteiger partial charge is 0.108 e. The third kappa shape index (κ3) is 2.45. The summed E-state index contributed by atoms with van der Waals surface area (Å²) in [5.41, 5.74) is 2.04. The van der Waals surface area contributed by atoms with Crippen LogP contribution in [-0.4, -0.2) is 34.5 Å². The fourth-order valence-electron chi connectivity index (χ4n) is 2.42. The minimum Gasteiger partial charge on any atom is -0.342 e. The number of halogens is 1. The van der Waals surface area contributed by atoms with E-state index in [-0.39, 0.29) is 0 Å². The molecule has 0 aliphatic carbocycles. The second-order valence-electron chi connectivity index (χ2n) is 4.64. The van der Waals surface area contributed by atoms with Crippen LogP contribution in [0.2, 0.25) is 5.02 Å². The molecule has 0 saturated carbocycles. The molecule has 0 spiro atoms. The summed E-state index contributed by atoms with van der Waals surface area (Å²) in [4.78, 5) is 10.4. The first-order valence-electron chi connectivity index (χ1n) is 6.18. The van der Waals surface area contributed by atoms with Crippen LogP contribution < -0.4 is 0 Å². The number of aromatic amines is 1. The van der Waals surface area contributed by atoms with Gasteiger partial charge in [-0.2, -0.15) is 0 Å². The van der Waals surface area contributed by atoms with Gasteiger partial charge < -0.3 is 9.88 Å². The molecule has 0 atom stereocenters. The van der Waals surface area contributed by atoms with Gasteiger partial charge in [0.25, 0.3) is 0 Å². The van der Waals surface area contributed by atoms with E-state index >= 15 is 0 Å². The molecular weight excluding hydrogens is 234 g/mol. The second kappa shape index (κ2) is 4.67. The lowest BCUT2D eigenvalue weighted by molar-refractivity contribution is 0.341. The Morgan fingerprint density at radius 2 is 2.12 bits per heavy atom. The normalized spacial score (nSPS) is 17.0. The van der Waals surface area contributed by atoms with E-state index in [1.54, 1.807) is 0 Å². The third-order valence-corrected chi connectivity index (χ3v) is 3.59. The minimum atomic E-state index is 0.757. The molecule has 1 fully saturated rings. The summed E-state index contributed by atoms with van der Waals surface area (Å²) in [6, 6.07) is 5.78. The molecule has 0 unspecified atom stereocenters. The highest BCUT2D eigenvalue weighted by atomic mass is 35.5. The van der Waals surface area contributed by atoms with Crippen molar-refractivity contribution >= 4 is 22.6 Å². The fraction of sp³-hybridized carbons (Fsp3) is 0.462. The van der Waals surface area contributed by atoms with Crippen LogP contribution in [0.4, 0.5) is 0 Å². The summed E-state index contributed by atoms with van der Waals surface area (Å²) in [6.07, 6.45) is 3.68. The van der Waals surface area contributed by atoms with E-state index in [9.17, 15) is 0 Å². The number of hydrogen-bond donors (Lipinski definition) is 1.